The Morgan fingerprint density at radius 2 is 1.81 bits per heavy atom. The molecule has 3 aliphatic rings. The predicted molar refractivity (Wildman–Crippen MR) is 117 cm³/mol. The van der Waals surface area contributed by atoms with Crippen LogP contribution in [0.1, 0.15) is 35.2 Å². The van der Waals surface area contributed by atoms with Gasteiger partial charge in [0.05, 0.1) is 5.92 Å². The Labute approximate surface area is 180 Å². The summed E-state index contributed by atoms with van der Waals surface area (Å²) in [4.78, 5) is 28.6. The fourth-order valence-corrected chi connectivity index (χ4v) is 5.24. The highest BCUT2D eigenvalue weighted by Gasteiger charge is 2.62. The molecule has 156 valence electrons. The molecule has 3 aliphatic carbocycles. The van der Waals surface area contributed by atoms with Crippen molar-refractivity contribution in [1.82, 2.24) is 4.98 Å². The molecule has 3 fully saturated rings. The van der Waals surface area contributed by atoms with E-state index in [9.17, 15) is 9.59 Å². The van der Waals surface area contributed by atoms with Crippen LogP contribution in [0.5, 0.6) is 11.5 Å². The number of hydrogen-bond acceptors (Lipinski definition) is 4. The monoisotopic (exact) mass is 413 g/mol. The van der Waals surface area contributed by atoms with Gasteiger partial charge in [-0.25, -0.2) is 0 Å². The zero-order valence-electron chi connectivity index (χ0n) is 17.0. The van der Waals surface area contributed by atoms with Crippen molar-refractivity contribution in [3.63, 3.8) is 0 Å². The van der Waals surface area contributed by atoms with Crippen molar-refractivity contribution >= 4 is 17.5 Å². The number of pyridine rings is 1. The van der Waals surface area contributed by atoms with Crippen molar-refractivity contribution < 1.29 is 14.3 Å². The summed E-state index contributed by atoms with van der Waals surface area (Å²) < 4.78 is 5.80. The smallest absolute Gasteiger partial charge is 0.248 e. The summed E-state index contributed by atoms with van der Waals surface area (Å²) in [5.41, 5.74) is 7.61. The molecule has 6 heteroatoms. The van der Waals surface area contributed by atoms with E-state index in [1.54, 1.807) is 36.4 Å². The maximum Gasteiger partial charge on any atom is 0.248 e. The van der Waals surface area contributed by atoms with Crippen molar-refractivity contribution in [2.45, 2.75) is 24.7 Å². The third-order valence-electron chi connectivity index (χ3n) is 6.67. The molecule has 6 rings (SSSR count). The van der Waals surface area contributed by atoms with E-state index in [2.05, 4.69) is 10.3 Å². The molecule has 2 bridgehead atoms. The Hall–Kier alpha value is -3.67. The quantitative estimate of drug-likeness (QED) is 0.631. The number of carbonyl (C=O) groups excluding carboxylic acids is 2. The molecular weight excluding hydrogens is 390 g/mol. The lowest BCUT2D eigenvalue weighted by Crippen LogP contribution is -2.50. The predicted octanol–water partition coefficient (Wildman–Crippen LogP) is 4.28. The van der Waals surface area contributed by atoms with Crippen LogP contribution in [0.4, 0.5) is 5.69 Å². The molecule has 6 nitrogen and oxygen atoms in total. The highest BCUT2D eigenvalue weighted by molar-refractivity contribution is 5.95. The summed E-state index contributed by atoms with van der Waals surface area (Å²) >= 11 is 0. The van der Waals surface area contributed by atoms with E-state index in [-0.39, 0.29) is 17.2 Å². The van der Waals surface area contributed by atoms with Gasteiger partial charge in [-0.3, -0.25) is 14.6 Å². The maximum atomic E-state index is 13.1. The first-order valence-corrected chi connectivity index (χ1v) is 10.4. The van der Waals surface area contributed by atoms with Crippen LogP contribution in [0.3, 0.4) is 0 Å². The summed E-state index contributed by atoms with van der Waals surface area (Å²) in [6, 6.07) is 18.0. The van der Waals surface area contributed by atoms with Crippen LogP contribution < -0.4 is 15.8 Å². The zero-order valence-corrected chi connectivity index (χ0v) is 17.0. The molecule has 1 aromatic heterocycles. The third kappa shape index (κ3) is 3.44. The van der Waals surface area contributed by atoms with Gasteiger partial charge in [-0.1, -0.05) is 6.07 Å². The van der Waals surface area contributed by atoms with Gasteiger partial charge in [0.2, 0.25) is 11.8 Å². The van der Waals surface area contributed by atoms with E-state index in [4.69, 9.17) is 10.5 Å². The van der Waals surface area contributed by atoms with Crippen molar-refractivity contribution in [3.05, 3.63) is 84.2 Å². The van der Waals surface area contributed by atoms with Crippen molar-refractivity contribution in [2.24, 2.45) is 17.6 Å². The van der Waals surface area contributed by atoms with Gasteiger partial charge in [-0.05, 0) is 85.3 Å². The van der Waals surface area contributed by atoms with Crippen LogP contribution in [-0.2, 0) is 10.2 Å². The lowest BCUT2D eigenvalue weighted by Gasteiger charge is -2.46. The number of benzene rings is 2. The van der Waals surface area contributed by atoms with E-state index in [1.807, 2.05) is 36.7 Å². The number of carbonyl (C=O) groups is 2. The second-order valence-corrected chi connectivity index (χ2v) is 8.38. The lowest BCUT2D eigenvalue weighted by atomic mass is 9.57. The molecule has 2 amide bonds. The molecule has 31 heavy (non-hydrogen) atoms. The minimum atomic E-state index is -0.502. The number of nitrogens with one attached hydrogen (secondary N) is 1. The molecule has 3 N–H and O–H groups in total. The van der Waals surface area contributed by atoms with Gasteiger partial charge in [0, 0.05) is 29.1 Å². The summed E-state index contributed by atoms with van der Waals surface area (Å²) in [6.07, 6.45) is 6.84. The maximum absolute atomic E-state index is 13.1. The Kier molecular flexibility index (Phi) is 4.70. The highest BCUT2D eigenvalue weighted by Crippen LogP contribution is 2.64. The Balaban J connectivity index is 1.27. The molecule has 0 aliphatic heterocycles. The molecule has 3 saturated carbocycles. The van der Waals surface area contributed by atoms with Gasteiger partial charge >= 0.3 is 0 Å². The van der Waals surface area contributed by atoms with E-state index in [0.717, 1.165) is 24.9 Å². The van der Waals surface area contributed by atoms with E-state index < -0.39 is 5.91 Å². The second-order valence-electron chi connectivity index (χ2n) is 8.38. The van der Waals surface area contributed by atoms with Gasteiger partial charge in [-0.15, -0.1) is 0 Å². The number of fused-ring (bicyclic) bond motifs is 1. The summed E-state index contributed by atoms with van der Waals surface area (Å²) in [6.45, 7) is 0. The molecule has 0 spiro atoms. The van der Waals surface area contributed by atoms with Crippen molar-refractivity contribution in [1.29, 1.82) is 0 Å². The van der Waals surface area contributed by atoms with E-state index in [1.165, 1.54) is 5.56 Å². The number of aromatic nitrogens is 1. The number of rotatable bonds is 6. The zero-order chi connectivity index (χ0) is 21.4. The van der Waals surface area contributed by atoms with Gasteiger partial charge in [-0.2, -0.15) is 0 Å². The Morgan fingerprint density at radius 3 is 2.52 bits per heavy atom. The molecule has 3 unspecified atom stereocenters. The number of ether oxygens (including phenoxy) is 1. The number of amides is 2. The van der Waals surface area contributed by atoms with Gasteiger partial charge in [0.1, 0.15) is 11.5 Å². The Bertz CT molecular complexity index is 1130. The molecule has 1 heterocycles. The van der Waals surface area contributed by atoms with Crippen LogP contribution in [-0.4, -0.2) is 16.8 Å². The van der Waals surface area contributed by atoms with Crippen LogP contribution in [0.2, 0.25) is 0 Å². The standard InChI is InChI=1S/C25H23N3O3/c26-23(29)16-2-1-3-21(14-16)31-20-6-4-19(5-7-20)28-24(30)22-17-8-11-25(22,15-17)18-9-12-27-13-10-18/h1-7,9-10,12-14,17,22H,8,11,15H2,(H2,26,29)(H,28,30). The van der Waals surface area contributed by atoms with Gasteiger partial charge in [0.15, 0.2) is 0 Å². The average Bonchev–Trinajstić information content (AvgIpc) is 3.37. The van der Waals surface area contributed by atoms with Crippen molar-refractivity contribution in [3.8, 4) is 11.5 Å². The third-order valence-corrected chi connectivity index (χ3v) is 6.67. The first-order valence-electron chi connectivity index (χ1n) is 10.4. The summed E-state index contributed by atoms with van der Waals surface area (Å²) in [5.74, 6) is 1.16. The molecule has 3 aromatic rings. The average molecular weight is 413 g/mol. The topological polar surface area (TPSA) is 94.3 Å². The molecule has 2 aromatic carbocycles. The SMILES string of the molecule is NC(=O)c1cccc(Oc2ccc(NC(=O)C3C4CCC3(c3ccncc3)C4)cc2)c1. The molecule has 3 atom stereocenters. The number of hydrogen-bond donors (Lipinski definition) is 2. The second kappa shape index (κ2) is 7.54. The molecule has 0 saturated heterocycles. The molecule has 0 radical (unpaired) electrons. The van der Waals surface area contributed by atoms with E-state index >= 15 is 0 Å². The van der Waals surface area contributed by atoms with Crippen LogP contribution >= 0.6 is 0 Å². The first-order chi connectivity index (χ1) is 15.0. The normalized spacial score (nSPS) is 23.6. The highest BCUT2D eigenvalue weighted by atomic mass is 16.5. The minimum Gasteiger partial charge on any atom is -0.457 e. The van der Waals surface area contributed by atoms with E-state index in [0.29, 0.717) is 23.0 Å². The van der Waals surface area contributed by atoms with Crippen LogP contribution in [0.15, 0.2) is 73.1 Å². The van der Waals surface area contributed by atoms with Crippen LogP contribution in [0.25, 0.3) is 0 Å². The summed E-state index contributed by atoms with van der Waals surface area (Å²) in [5, 5.41) is 3.08. The van der Waals surface area contributed by atoms with Crippen molar-refractivity contribution in [2.75, 3.05) is 5.32 Å². The number of anilines is 1. The number of nitrogens with zero attached hydrogens (tertiary/aromatic N) is 1. The Morgan fingerprint density at radius 1 is 1.03 bits per heavy atom. The molecular formula is C25H23N3O3. The fourth-order valence-electron chi connectivity index (χ4n) is 5.24. The first kappa shape index (κ1) is 19.3. The van der Waals surface area contributed by atoms with Crippen LogP contribution in [0, 0.1) is 11.8 Å². The number of nitrogens with two attached hydrogens (primary N) is 1. The van der Waals surface area contributed by atoms with Gasteiger partial charge in [0.25, 0.3) is 0 Å². The largest absolute Gasteiger partial charge is 0.457 e. The summed E-state index contributed by atoms with van der Waals surface area (Å²) in [7, 11) is 0. The van der Waals surface area contributed by atoms with Gasteiger partial charge < -0.3 is 15.8 Å². The lowest BCUT2D eigenvalue weighted by molar-refractivity contribution is -0.127. The fraction of sp³-hybridized carbons (Fsp3) is 0.240. The number of primary amides is 1. The minimum absolute atomic E-state index is 0.00219.